The second-order valence-corrected chi connectivity index (χ2v) is 18.6. The number of halogens is 2. The SMILES string of the molecule is C[Si](C)(C)N([Si](C)(C)C)[Si](C)(F)F. The Balaban J connectivity index is 5.02. The minimum absolute atomic E-state index is 1.16. The molecule has 0 aliphatic carbocycles. The van der Waals surface area contributed by atoms with Gasteiger partial charge in [0.1, 0.15) is 16.5 Å². The van der Waals surface area contributed by atoms with Crippen LogP contribution in [0.15, 0.2) is 0 Å². The Kier molecular flexibility index (Phi) is 3.69. The van der Waals surface area contributed by atoms with Gasteiger partial charge >= 0.3 is 8.90 Å². The van der Waals surface area contributed by atoms with Crippen LogP contribution in [0.4, 0.5) is 8.22 Å². The van der Waals surface area contributed by atoms with E-state index in [0.29, 0.717) is 0 Å². The highest BCUT2D eigenvalue weighted by Crippen LogP contribution is 2.28. The highest BCUT2D eigenvalue weighted by Gasteiger charge is 2.50. The van der Waals surface area contributed by atoms with Gasteiger partial charge in [-0.15, -0.1) is 0 Å². The van der Waals surface area contributed by atoms with Crippen molar-refractivity contribution < 1.29 is 8.22 Å². The summed E-state index contributed by atoms with van der Waals surface area (Å²) >= 11 is 0. The first-order chi connectivity index (χ1) is 5.37. The van der Waals surface area contributed by atoms with Gasteiger partial charge in [0.05, 0.1) is 0 Å². The number of nitrogens with zero attached hydrogens (tertiary/aromatic N) is 1. The van der Waals surface area contributed by atoms with Gasteiger partial charge in [0.25, 0.3) is 0 Å². The molecule has 0 aromatic carbocycles. The van der Waals surface area contributed by atoms with Crippen molar-refractivity contribution in [3.8, 4) is 0 Å². The molecule has 1 nitrogen and oxygen atoms in total. The van der Waals surface area contributed by atoms with Crippen molar-refractivity contribution in [3.63, 3.8) is 0 Å². The van der Waals surface area contributed by atoms with E-state index in [9.17, 15) is 8.22 Å². The number of hydrogen-bond acceptors (Lipinski definition) is 1. The molecule has 0 amide bonds. The lowest BCUT2D eigenvalue weighted by molar-refractivity contribution is 0.536. The summed E-state index contributed by atoms with van der Waals surface area (Å²) in [5.41, 5.74) is 0. The van der Waals surface area contributed by atoms with Gasteiger partial charge < -0.3 is 3.90 Å². The molecule has 0 N–H and O–H groups in total. The first-order valence-electron chi connectivity index (χ1n) is 4.55. The van der Waals surface area contributed by atoms with E-state index in [4.69, 9.17) is 0 Å². The molecular weight excluding hydrogens is 220 g/mol. The van der Waals surface area contributed by atoms with Crippen LogP contribution in [-0.4, -0.2) is 29.3 Å². The molecule has 0 aromatic rings. The maximum atomic E-state index is 13.5. The van der Waals surface area contributed by atoms with Crippen LogP contribution < -0.4 is 0 Å². The van der Waals surface area contributed by atoms with Gasteiger partial charge in [-0.05, 0) is 0 Å². The summed E-state index contributed by atoms with van der Waals surface area (Å²) in [4.78, 5) is 0. The predicted octanol–water partition coefficient (Wildman–Crippen LogP) is 3.47. The van der Waals surface area contributed by atoms with Gasteiger partial charge in [0.15, 0.2) is 0 Å². The zero-order valence-electron chi connectivity index (χ0n) is 9.70. The van der Waals surface area contributed by atoms with E-state index in [1.54, 1.807) is 3.90 Å². The zero-order valence-corrected chi connectivity index (χ0v) is 12.7. The Labute approximate surface area is 83.8 Å². The third-order valence-corrected chi connectivity index (χ3v) is 15.6. The normalized spacial score (nSPS) is 15.2. The van der Waals surface area contributed by atoms with Crippen LogP contribution in [0.1, 0.15) is 0 Å². The second kappa shape index (κ2) is 3.56. The Morgan fingerprint density at radius 1 is 0.692 bits per heavy atom. The molecule has 0 aliphatic heterocycles. The Hall–Kier alpha value is 0.471. The third-order valence-electron chi connectivity index (χ3n) is 1.73. The monoisotopic (exact) mass is 241 g/mol. The lowest BCUT2D eigenvalue weighted by Crippen LogP contribution is -2.67. The first-order valence-corrected chi connectivity index (χ1v) is 13.6. The standard InChI is InChI=1S/C7H21F2NSi3/c1-11(2,3)10(12(4,5)6)13(7,8)9/h1-7H3. The summed E-state index contributed by atoms with van der Waals surface area (Å²) in [5.74, 6) is 0. The molecule has 0 saturated heterocycles. The van der Waals surface area contributed by atoms with Crippen molar-refractivity contribution >= 4 is 25.4 Å². The molecule has 0 saturated carbocycles. The van der Waals surface area contributed by atoms with Gasteiger partial charge in [-0.25, -0.2) is 0 Å². The third kappa shape index (κ3) is 4.01. The van der Waals surface area contributed by atoms with Crippen molar-refractivity contribution in [1.82, 2.24) is 3.90 Å². The van der Waals surface area contributed by atoms with Crippen molar-refractivity contribution in [1.29, 1.82) is 0 Å². The molecule has 6 heteroatoms. The Morgan fingerprint density at radius 2 is 0.923 bits per heavy atom. The Bertz CT molecular complexity index is 144. The summed E-state index contributed by atoms with van der Waals surface area (Å²) in [6.07, 6.45) is 0. The molecule has 80 valence electrons. The molecule has 0 bridgehead atoms. The van der Waals surface area contributed by atoms with Crippen LogP contribution in [0, 0.1) is 0 Å². The van der Waals surface area contributed by atoms with E-state index in [0.717, 1.165) is 6.55 Å². The smallest absolute Gasteiger partial charge is 0.318 e. The first kappa shape index (κ1) is 13.5. The van der Waals surface area contributed by atoms with Crippen LogP contribution >= 0.6 is 0 Å². The van der Waals surface area contributed by atoms with Gasteiger partial charge in [-0.3, -0.25) is 8.22 Å². The summed E-state index contributed by atoms with van der Waals surface area (Å²) in [6, 6.07) is 0. The van der Waals surface area contributed by atoms with Crippen LogP contribution in [0.5, 0.6) is 0 Å². The highest BCUT2D eigenvalue weighted by molar-refractivity contribution is 7.00. The van der Waals surface area contributed by atoms with Crippen molar-refractivity contribution in [3.05, 3.63) is 0 Å². The van der Waals surface area contributed by atoms with Crippen LogP contribution in [0.25, 0.3) is 0 Å². The van der Waals surface area contributed by atoms with Crippen molar-refractivity contribution in [2.45, 2.75) is 45.8 Å². The minimum Gasteiger partial charge on any atom is -0.318 e. The topological polar surface area (TPSA) is 3.24 Å². The molecule has 0 atom stereocenters. The highest BCUT2D eigenvalue weighted by atomic mass is 28.5. The molecule has 0 spiro atoms. The molecular formula is C7H21F2NSi3. The zero-order chi connectivity index (χ0) is 11.1. The van der Waals surface area contributed by atoms with Crippen LogP contribution in [0.3, 0.4) is 0 Å². The summed E-state index contributed by atoms with van der Waals surface area (Å²) in [6.45, 7) is 13.2. The molecule has 0 radical (unpaired) electrons. The number of rotatable bonds is 3. The fourth-order valence-electron chi connectivity index (χ4n) is 2.18. The van der Waals surface area contributed by atoms with E-state index in [2.05, 4.69) is 0 Å². The molecule has 0 aromatic heterocycles. The molecule has 0 unspecified atom stereocenters. The minimum atomic E-state index is -4.10. The lowest BCUT2D eigenvalue weighted by atomic mass is 11.8. The maximum Gasteiger partial charge on any atom is 0.491 e. The van der Waals surface area contributed by atoms with E-state index >= 15 is 0 Å². The van der Waals surface area contributed by atoms with Crippen LogP contribution in [-0.2, 0) is 0 Å². The van der Waals surface area contributed by atoms with Gasteiger partial charge in [0, 0.05) is 6.55 Å². The van der Waals surface area contributed by atoms with E-state index < -0.39 is 25.4 Å². The average Bonchev–Trinajstić information content (AvgIpc) is 1.44. The second-order valence-electron chi connectivity index (χ2n) is 5.52. The van der Waals surface area contributed by atoms with Crippen molar-refractivity contribution in [2.75, 3.05) is 0 Å². The van der Waals surface area contributed by atoms with Crippen molar-refractivity contribution in [2.24, 2.45) is 0 Å². The Morgan fingerprint density at radius 3 is 0.923 bits per heavy atom. The summed E-state index contributed by atoms with van der Waals surface area (Å²) in [5, 5.41) is 0. The fraction of sp³-hybridized carbons (Fsp3) is 1.00. The average molecular weight is 242 g/mol. The fourth-order valence-corrected chi connectivity index (χ4v) is 19.7. The molecule has 0 heterocycles. The molecule has 0 fully saturated rings. The van der Waals surface area contributed by atoms with E-state index in [1.165, 1.54) is 0 Å². The van der Waals surface area contributed by atoms with Gasteiger partial charge in [0.2, 0.25) is 0 Å². The lowest BCUT2D eigenvalue weighted by Gasteiger charge is -2.45. The van der Waals surface area contributed by atoms with Gasteiger partial charge in [-0.2, -0.15) is 0 Å². The van der Waals surface area contributed by atoms with E-state index in [1.807, 2.05) is 39.3 Å². The number of hydrogen-bond donors (Lipinski definition) is 0. The predicted molar refractivity (Wildman–Crippen MR) is 62.4 cm³/mol. The molecule has 13 heavy (non-hydrogen) atoms. The van der Waals surface area contributed by atoms with Gasteiger partial charge in [-0.1, -0.05) is 39.3 Å². The molecule has 0 aliphatic rings. The van der Waals surface area contributed by atoms with E-state index in [-0.39, 0.29) is 0 Å². The largest absolute Gasteiger partial charge is 0.491 e. The van der Waals surface area contributed by atoms with Crippen LogP contribution in [0.2, 0.25) is 45.8 Å². The summed E-state index contributed by atoms with van der Waals surface area (Å²) in [7, 11) is -7.80. The summed E-state index contributed by atoms with van der Waals surface area (Å²) < 4.78 is 28.7. The quantitative estimate of drug-likeness (QED) is 0.540. The molecule has 0 rings (SSSR count). The maximum absolute atomic E-state index is 13.5.